The van der Waals surface area contributed by atoms with Crippen LogP contribution in [0, 0.1) is 6.92 Å². The van der Waals surface area contributed by atoms with Gasteiger partial charge in [-0.2, -0.15) is 0 Å². The molecule has 1 fully saturated rings. The van der Waals surface area contributed by atoms with Crippen LogP contribution in [0.15, 0.2) is 18.2 Å². The molecule has 1 aromatic rings. The molecule has 1 aliphatic rings. The molecule has 76 valence electrons. The van der Waals surface area contributed by atoms with Crippen molar-refractivity contribution in [2.75, 3.05) is 6.54 Å². The first-order valence-corrected chi connectivity index (χ1v) is 5.41. The SMILES string of the molecule is Cc1cccc(C2(CN)CCCC2)n1. The first-order valence-electron chi connectivity index (χ1n) is 5.41. The summed E-state index contributed by atoms with van der Waals surface area (Å²) < 4.78 is 0. The molecule has 1 aliphatic carbocycles. The van der Waals surface area contributed by atoms with Gasteiger partial charge >= 0.3 is 0 Å². The molecule has 1 saturated carbocycles. The Balaban J connectivity index is 2.35. The second-order valence-electron chi connectivity index (χ2n) is 4.36. The van der Waals surface area contributed by atoms with Gasteiger partial charge in [-0.1, -0.05) is 18.9 Å². The number of pyridine rings is 1. The Labute approximate surface area is 85.5 Å². The lowest BCUT2D eigenvalue weighted by Gasteiger charge is -2.26. The van der Waals surface area contributed by atoms with Crippen LogP contribution in [0.4, 0.5) is 0 Å². The van der Waals surface area contributed by atoms with Crippen LogP contribution in [0.2, 0.25) is 0 Å². The number of nitrogens with two attached hydrogens (primary N) is 1. The van der Waals surface area contributed by atoms with E-state index in [2.05, 4.69) is 17.1 Å². The lowest BCUT2D eigenvalue weighted by atomic mass is 9.82. The topological polar surface area (TPSA) is 38.9 Å². The zero-order valence-electron chi connectivity index (χ0n) is 8.79. The number of aromatic nitrogens is 1. The summed E-state index contributed by atoms with van der Waals surface area (Å²) in [7, 11) is 0. The van der Waals surface area contributed by atoms with Crippen molar-refractivity contribution in [3.05, 3.63) is 29.6 Å². The highest BCUT2D eigenvalue weighted by Gasteiger charge is 2.35. The molecular formula is C12H18N2. The molecule has 0 atom stereocenters. The van der Waals surface area contributed by atoms with E-state index in [1.54, 1.807) is 0 Å². The maximum Gasteiger partial charge on any atom is 0.0481 e. The summed E-state index contributed by atoms with van der Waals surface area (Å²) in [5.74, 6) is 0. The number of rotatable bonds is 2. The molecule has 0 bridgehead atoms. The minimum Gasteiger partial charge on any atom is -0.330 e. The third-order valence-electron chi connectivity index (χ3n) is 3.38. The molecule has 0 amide bonds. The minimum atomic E-state index is 0.187. The van der Waals surface area contributed by atoms with Crippen molar-refractivity contribution in [2.24, 2.45) is 5.73 Å². The predicted octanol–water partition coefficient (Wildman–Crippen LogP) is 2.16. The van der Waals surface area contributed by atoms with Gasteiger partial charge in [0.2, 0.25) is 0 Å². The lowest BCUT2D eigenvalue weighted by molar-refractivity contribution is 0.438. The van der Waals surface area contributed by atoms with E-state index in [0.29, 0.717) is 0 Å². The Morgan fingerprint density at radius 1 is 1.36 bits per heavy atom. The summed E-state index contributed by atoms with van der Waals surface area (Å²) in [6, 6.07) is 6.27. The molecule has 2 N–H and O–H groups in total. The third kappa shape index (κ3) is 1.55. The van der Waals surface area contributed by atoms with Crippen LogP contribution in [-0.2, 0) is 5.41 Å². The van der Waals surface area contributed by atoms with Gasteiger partial charge in [-0.25, -0.2) is 0 Å². The Hall–Kier alpha value is -0.890. The van der Waals surface area contributed by atoms with Crippen molar-refractivity contribution in [1.82, 2.24) is 4.98 Å². The smallest absolute Gasteiger partial charge is 0.0481 e. The van der Waals surface area contributed by atoms with Crippen molar-refractivity contribution in [3.8, 4) is 0 Å². The summed E-state index contributed by atoms with van der Waals surface area (Å²) in [6.07, 6.45) is 5.01. The molecule has 2 rings (SSSR count). The van der Waals surface area contributed by atoms with Gasteiger partial charge in [0.15, 0.2) is 0 Å². The molecule has 0 spiro atoms. The number of aryl methyl sites for hydroxylation is 1. The van der Waals surface area contributed by atoms with Crippen LogP contribution in [0.25, 0.3) is 0 Å². The number of hydrogen-bond acceptors (Lipinski definition) is 2. The van der Waals surface area contributed by atoms with Crippen molar-refractivity contribution < 1.29 is 0 Å². The molecule has 0 aromatic carbocycles. The van der Waals surface area contributed by atoms with Crippen molar-refractivity contribution in [2.45, 2.75) is 38.0 Å². The van der Waals surface area contributed by atoms with E-state index < -0.39 is 0 Å². The Kier molecular flexibility index (Phi) is 2.55. The fourth-order valence-electron chi connectivity index (χ4n) is 2.46. The van der Waals surface area contributed by atoms with E-state index in [1.807, 2.05) is 13.0 Å². The highest BCUT2D eigenvalue weighted by atomic mass is 14.8. The van der Waals surface area contributed by atoms with E-state index >= 15 is 0 Å². The summed E-state index contributed by atoms with van der Waals surface area (Å²) >= 11 is 0. The van der Waals surface area contributed by atoms with Crippen LogP contribution in [0.1, 0.15) is 37.1 Å². The van der Waals surface area contributed by atoms with Crippen molar-refractivity contribution >= 4 is 0 Å². The van der Waals surface area contributed by atoms with E-state index in [1.165, 1.54) is 31.4 Å². The fourth-order valence-corrected chi connectivity index (χ4v) is 2.46. The molecule has 1 aromatic heterocycles. The summed E-state index contributed by atoms with van der Waals surface area (Å²) in [5, 5.41) is 0. The van der Waals surface area contributed by atoms with Crippen LogP contribution in [0.5, 0.6) is 0 Å². The van der Waals surface area contributed by atoms with Gasteiger partial charge < -0.3 is 5.73 Å². The summed E-state index contributed by atoms with van der Waals surface area (Å²) in [5.41, 5.74) is 8.40. The van der Waals surface area contributed by atoms with Gasteiger partial charge in [-0.3, -0.25) is 4.98 Å². The highest BCUT2D eigenvalue weighted by molar-refractivity contribution is 5.21. The molecule has 0 saturated heterocycles. The quantitative estimate of drug-likeness (QED) is 0.776. The van der Waals surface area contributed by atoms with Gasteiger partial charge in [0.05, 0.1) is 0 Å². The normalized spacial score (nSPS) is 19.9. The monoisotopic (exact) mass is 190 g/mol. The van der Waals surface area contributed by atoms with Gasteiger partial charge in [-0.05, 0) is 31.9 Å². The maximum absolute atomic E-state index is 5.91. The Morgan fingerprint density at radius 2 is 2.07 bits per heavy atom. The van der Waals surface area contributed by atoms with Crippen LogP contribution < -0.4 is 5.73 Å². The van der Waals surface area contributed by atoms with Crippen molar-refractivity contribution in [1.29, 1.82) is 0 Å². The van der Waals surface area contributed by atoms with E-state index in [-0.39, 0.29) is 5.41 Å². The highest BCUT2D eigenvalue weighted by Crippen LogP contribution is 2.39. The Bertz CT molecular complexity index is 314. The molecular weight excluding hydrogens is 172 g/mol. The largest absolute Gasteiger partial charge is 0.330 e. The van der Waals surface area contributed by atoms with Crippen molar-refractivity contribution in [3.63, 3.8) is 0 Å². The number of nitrogens with zero attached hydrogens (tertiary/aromatic N) is 1. The predicted molar refractivity (Wildman–Crippen MR) is 58.2 cm³/mol. The van der Waals surface area contributed by atoms with Gasteiger partial charge in [0.1, 0.15) is 0 Å². The second kappa shape index (κ2) is 3.70. The molecule has 2 heteroatoms. The Morgan fingerprint density at radius 3 is 2.64 bits per heavy atom. The zero-order valence-corrected chi connectivity index (χ0v) is 8.79. The maximum atomic E-state index is 5.91. The molecule has 2 nitrogen and oxygen atoms in total. The average Bonchev–Trinajstić information content (AvgIpc) is 2.67. The lowest BCUT2D eigenvalue weighted by Crippen LogP contribution is -2.33. The fraction of sp³-hybridized carbons (Fsp3) is 0.583. The van der Waals surface area contributed by atoms with E-state index in [4.69, 9.17) is 5.73 Å². The minimum absolute atomic E-state index is 0.187. The zero-order chi connectivity index (χ0) is 10.0. The molecule has 0 unspecified atom stereocenters. The van der Waals surface area contributed by atoms with Gasteiger partial charge in [-0.15, -0.1) is 0 Å². The van der Waals surface area contributed by atoms with Gasteiger partial charge in [0.25, 0.3) is 0 Å². The van der Waals surface area contributed by atoms with Gasteiger partial charge in [0, 0.05) is 23.3 Å². The summed E-state index contributed by atoms with van der Waals surface area (Å²) in [4.78, 5) is 4.62. The standard InChI is InChI=1S/C12H18N2/c1-10-5-4-6-11(14-10)12(9-13)7-2-3-8-12/h4-6H,2-3,7-9,13H2,1H3. The average molecular weight is 190 g/mol. The van der Waals surface area contributed by atoms with E-state index in [9.17, 15) is 0 Å². The second-order valence-corrected chi connectivity index (χ2v) is 4.36. The van der Waals surface area contributed by atoms with Crippen LogP contribution in [-0.4, -0.2) is 11.5 Å². The van der Waals surface area contributed by atoms with Crippen LogP contribution >= 0.6 is 0 Å². The first-order chi connectivity index (χ1) is 6.77. The van der Waals surface area contributed by atoms with E-state index in [0.717, 1.165) is 12.2 Å². The number of hydrogen-bond donors (Lipinski definition) is 1. The van der Waals surface area contributed by atoms with Crippen LogP contribution in [0.3, 0.4) is 0 Å². The third-order valence-corrected chi connectivity index (χ3v) is 3.38. The molecule has 14 heavy (non-hydrogen) atoms. The molecule has 1 heterocycles. The first kappa shape index (κ1) is 9.66. The molecule has 0 aliphatic heterocycles. The summed E-state index contributed by atoms with van der Waals surface area (Å²) in [6.45, 7) is 2.78. The molecule has 0 radical (unpaired) electrons.